The Morgan fingerprint density at radius 2 is 1.71 bits per heavy atom. The SMILES string of the molecule is COc1ccc2nc(N3C(=O)C(=O)C(=C(O)c4ccc5c(c4)CC(C)O5)C3c3cc(OC)c(OC)c(OC)c3)sc2c1. The molecule has 0 saturated carbocycles. The summed E-state index contributed by atoms with van der Waals surface area (Å²) >= 11 is 1.24. The smallest absolute Gasteiger partial charge is 0.301 e. The minimum Gasteiger partial charge on any atom is -0.507 e. The van der Waals surface area contributed by atoms with Crippen LogP contribution in [0, 0.1) is 0 Å². The van der Waals surface area contributed by atoms with Crippen LogP contribution in [-0.4, -0.2) is 56.3 Å². The summed E-state index contributed by atoms with van der Waals surface area (Å²) in [6.07, 6.45) is 0.663. The number of thiazole rings is 1. The van der Waals surface area contributed by atoms with E-state index in [9.17, 15) is 14.7 Å². The standard InChI is InChI=1S/C31H28N2O8S/c1-15-10-17-11-16(6-9-21(17)41-15)27(34)25-26(18-12-22(38-3)29(40-5)23(13-18)39-4)33(30(36)28(25)35)31-32-20-8-7-19(37-2)14-24(20)42-31/h6-9,11-15,26,34H,10H2,1-5H3. The molecule has 0 aliphatic carbocycles. The highest BCUT2D eigenvalue weighted by Crippen LogP contribution is 2.48. The number of hydrogen-bond donors (Lipinski definition) is 1. The number of methoxy groups -OCH3 is 4. The van der Waals surface area contributed by atoms with Crippen LogP contribution in [0.3, 0.4) is 0 Å². The molecule has 6 rings (SSSR count). The van der Waals surface area contributed by atoms with E-state index in [0.29, 0.717) is 46.1 Å². The highest BCUT2D eigenvalue weighted by atomic mass is 32.1. The van der Waals surface area contributed by atoms with Gasteiger partial charge in [0.05, 0.1) is 50.3 Å². The first-order valence-electron chi connectivity index (χ1n) is 13.1. The first-order valence-corrected chi connectivity index (χ1v) is 13.9. The Morgan fingerprint density at radius 3 is 2.38 bits per heavy atom. The molecule has 3 heterocycles. The maximum atomic E-state index is 13.8. The molecule has 3 aromatic carbocycles. The van der Waals surface area contributed by atoms with Gasteiger partial charge in [-0.15, -0.1) is 0 Å². The van der Waals surface area contributed by atoms with Gasteiger partial charge in [0.2, 0.25) is 5.75 Å². The van der Waals surface area contributed by atoms with Crippen LogP contribution in [0.5, 0.6) is 28.7 Å². The average Bonchev–Trinajstić information content (AvgIpc) is 3.67. The Hall–Kier alpha value is -4.77. The number of hydrogen-bond acceptors (Lipinski definition) is 10. The second kappa shape index (κ2) is 10.6. The van der Waals surface area contributed by atoms with Crippen molar-refractivity contribution in [2.75, 3.05) is 33.3 Å². The summed E-state index contributed by atoms with van der Waals surface area (Å²) in [6.45, 7) is 1.96. The van der Waals surface area contributed by atoms with Crippen molar-refractivity contribution in [2.24, 2.45) is 0 Å². The maximum Gasteiger partial charge on any atom is 0.301 e. The average molecular weight is 589 g/mol. The van der Waals surface area contributed by atoms with Gasteiger partial charge >= 0.3 is 5.91 Å². The van der Waals surface area contributed by atoms with Crippen LogP contribution < -0.4 is 28.6 Å². The topological polar surface area (TPSA) is 117 Å². The first-order chi connectivity index (χ1) is 20.3. The molecule has 42 heavy (non-hydrogen) atoms. The highest BCUT2D eigenvalue weighted by Gasteiger charge is 2.49. The van der Waals surface area contributed by atoms with Crippen LogP contribution in [0.25, 0.3) is 16.0 Å². The van der Waals surface area contributed by atoms with Gasteiger partial charge in [-0.05, 0) is 66.6 Å². The quantitative estimate of drug-likeness (QED) is 0.175. The lowest BCUT2D eigenvalue weighted by Gasteiger charge is -2.24. The molecule has 2 atom stereocenters. The van der Waals surface area contributed by atoms with Gasteiger partial charge in [-0.3, -0.25) is 14.5 Å². The van der Waals surface area contributed by atoms with E-state index < -0.39 is 17.7 Å². The Kier molecular flexibility index (Phi) is 6.90. The van der Waals surface area contributed by atoms with Crippen LogP contribution in [0.4, 0.5) is 5.13 Å². The van der Waals surface area contributed by atoms with Crippen molar-refractivity contribution in [3.05, 3.63) is 70.8 Å². The molecule has 1 N–H and O–H groups in total. The first kappa shape index (κ1) is 27.4. The van der Waals surface area contributed by atoms with Crippen molar-refractivity contribution in [2.45, 2.75) is 25.5 Å². The molecule has 0 spiro atoms. The molecule has 0 bridgehead atoms. The van der Waals surface area contributed by atoms with Gasteiger partial charge in [0.15, 0.2) is 16.6 Å². The third-order valence-corrected chi connectivity index (χ3v) is 8.42. The fourth-order valence-electron chi connectivity index (χ4n) is 5.45. The molecule has 4 aromatic rings. The van der Waals surface area contributed by atoms with Gasteiger partial charge in [0.25, 0.3) is 5.78 Å². The summed E-state index contributed by atoms with van der Waals surface area (Å²) in [5.74, 6) is 0.402. The van der Waals surface area contributed by atoms with Gasteiger partial charge in [0, 0.05) is 12.0 Å². The van der Waals surface area contributed by atoms with Gasteiger partial charge in [-0.1, -0.05) is 11.3 Å². The van der Waals surface area contributed by atoms with Crippen molar-refractivity contribution in [3.8, 4) is 28.7 Å². The van der Waals surface area contributed by atoms with E-state index in [0.717, 1.165) is 16.0 Å². The summed E-state index contributed by atoms with van der Waals surface area (Å²) in [5.41, 5.74) is 2.31. The molecule has 0 radical (unpaired) electrons. The zero-order valence-corrected chi connectivity index (χ0v) is 24.4. The third kappa shape index (κ3) is 4.37. The van der Waals surface area contributed by atoms with E-state index in [1.54, 1.807) is 49.6 Å². The molecule has 2 unspecified atom stereocenters. The largest absolute Gasteiger partial charge is 0.507 e. The van der Waals surface area contributed by atoms with Gasteiger partial charge in [-0.2, -0.15) is 0 Å². The van der Waals surface area contributed by atoms with E-state index in [1.165, 1.54) is 37.6 Å². The van der Waals surface area contributed by atoms with Crippen LogP contribution in [-0.2, 0) is 16.0 Å². The van der Waals surface area contributed by atoms with Crippen molar-refractivity contribution >= 4 is 44.1 Å². The lowest BCUT2D eigenvalue weighted by atomic mass is 9.94. The number of aliphatic hydroxyl groups excluding tert-OH is 1. The maximum absolute atomic E-state index is 13.8. The van der Waals surface area contributed by atoms with Crippen molar-refractivity contribution in [1.29, 1.82) is 0 Å². The van der Waals surface area contributed by atoms with Gasteiger partial charge in [0.1, 0.15) is 23.4 Å². The second-order valence-corrected chi connectivity index (χ2v) is 10.9. The number of Topliss-reactive ketones (excluding diaryl/α,β-unsaturated/α-hetero) is 1. The normalized spacial score (nSPS) is 19.1. The Labute approximate surface area is 245 Å². The van der Waals surface area contributed by atoms with Crippen molar-refractivity contribution in [1.82, 2.24) is 4.98 Å². The zero-order chi connectivity index (χ0) is 29.7. The number of carbonyl (C=O) groups is 2. The van der Waals surface area contributed by atoms with E-state index in [1.807, 2.05) is 13.0 Å². The fraction of sp³-hybridized carbons (Fsp3) is 0.258. The van der Waals surface area contributed by atoms with E-state index in [4.69, 9.17) is 23.7 Å². The summed E-state index contributed by atoms with van der Waals surface area (Å²) in [4.78, 5) is 33.5. The van der Waals surface area contributed by atoms with Crippen molar-refractivity contribution in [3.63, 3.8) is 0 Å². The number of anilines is 1. The Bertz CT molecular complexity index is 1750. The number of carbonyl (C=O) groups excluding carboxylic acids is 2. The number of rotatable bonds is 7. The fourth-order valence-corrected chi connectivity index (χ4v) is 6.47. The molecule has 1 saturated heterocycles. The Balaban J connectivity index is 1.58. The molecular weight excluding hydrogens is 560 g/mol. The van der Waals surface area contributed by atoms with Crippen LogP contribution in [0.1, 0.15) is 29.7 Å². The predicted octanol–water partition coefficient (Wildman–Crippen LogP) is 5.28. The number of benzene rings is 3. The number of amides is 1. The van der Waals surface area contributed by atoms with Crippen LogP contribution >= 0.6 is 11.3 Å². The minimum atomic E-state index is -1.05. The number of nitrogens with zero attached hydrogens (tertiary/aromatic N) is 2. The number of ketones is 1. The molecule has 2 aliphatic rings. The van der Waals surface area contributed by atoms with E-state index >= 15 is 0 Å². The molecule has 1 fully saturated rings. The van der Waals surface area contributed by atoms with Gasteiger partial charge in [-0.25, -0.2) is 4.98 Å². The number of aromatic nitrogens is 1. The molecule has 10 nitrogen and oxygen atoms in total. The molecule has 11 heteroatoms. The number of aliphatic hydroxyl groups is 1. The molecular formula is C31H28N2O8S. The minimum absolute atomic E-state index is 0.000125. The predicted molar refractivity (Wildman–Crippen MR) is 157 cm³/mol. The van der Waals surface area contributed by atoms with Crippen LogP contribution in [0.15, 0.2) is 54.1 Å². The van der Waals surface area contributed by atoms with Crippen molar-refractivity contribution < 1.29 is 38.4 Å². The third-order valence-electron chi connectivity index (χ3n) is 7.41. The summed E-state index contributed by atoms with van der Waals surface area (Å²) in [7, 11) is 6.01. The summed E-state index contributed by atoms with van der Waals surface area (Å²) in [6, 6.07) is 12.9. The Morgan fingerprint density at radius 1 is 0.976 bits per heavy atom. The molecule has 1 amide bonds. The number of fused-ring (bicyclic) bond motifs is 2. The molecule has 216 valence electrons. The number of ether oxygens (including phenoxy) is 5. The zero-order valence-electron chi connectivity index (χ0n) is 23.6. The summed E-state index contributed by atoms with van der Waals surface area (Å²) < 4.78 is 28.6. The van der Waals surface area contributed by atoms with Crippen LogP contribution in [0.2, 0.25) is 0 Å². The summed E-state index contributed by atoms with van der Waals surface area (Å²) in [5, 5.41) is 12.0. The molecule has 2 aliphatic heterocycles. The van der Waals surface area contributed by atoms with Gasteiger partial charge < -0.3 is 28.8 Å². The lowest BCUT2D eigenvalue weighted by Crippen LogP contribution is -2.29. The monoisotopic (exact) mass is 588 g/mol. The van der Waals surface area contributed by atoms with E-state index in [-0.39, 0.29) is 22.6 Å². The van der Waals surface area contributed by atoms with E-state index in [2.05, 4.69) is 4.98 Å². The lowest BCUT2D eigenvalue weighted by molar-refractivity contribution is -0.132. The highest BCUT2D eigenvalue weighted by molar-refractivity contribution is 7.22. The molecule has 1 aromatic heterocycles. The second-order valence-electron chi connectivity index (χ2n) is 9.91.